The predicted molar refractivity (Wildman–Crippen MR) is 134 cm³/mol. The Hall–Kier alpha value is -2.28. The summed E-state index contributed by atoms with van der Waals surface area (Å²) < 4.78 is 5.29. The largest absolute Gasteiger partial charge is 0.508 e. The number of hydrogen-bond donors (Lipinski definition) is 4. The lowest BCUT2D eigenvalue weighted by molar-refractivity contribution is -0.144. The number of carboxylic acids is 1. The van der Waals surface area contributed by atoms with Crippen LogP contribution in [0.15, 0.2) is 18.2 Å². The first kappa shape index (κ1) is 29.8. The van der Waals surface area contributed by atoms with Crippen LogP contribution < -0.4 is 5.32 Å². The van der Waals surface area contributed by atoms with Crippen molar-refractivity contribution in [3.05, 3.63) is 29.3 Å². The van der Waals surface area contributed by atoms with Crippen molar-refractivity contribution in [2.45, 2.75) is 105 Å². The van der Waals surface area contributed by atoms with Gasteiger partial charge in [-0.3, -0.25) is 10.1 Å². The number of carboxylic acid groups (broad SMARTS) is 1. The third-order valence-corrected chi connectivity index (χ3v) is 6.04. The summed E-state index contributed by atoms with van der Waals surface area (Å²) in [6.07, 6.45) is 0.508. The van der Waals surface area contributed by atoms with Crippen molar-refractivity contribution in [3.63, 3.8) is 0 Å². The Morgan fingerprint density at radius 2 is 1.65 bits per heavy atom. The van der Waals surface area contributed by atoms with Gasteiger partial charge in [-0.25, -0.2) is 4.79 Å². The molecule has 0 unspecified atom stereocenters. The Labute approximate surface area is 204 Å². The van der Waals surface area contributed by atoms with Crippen LogP contribution in [0.3, 0.4) is 0 Å². The van der Waals surface area contributed by atoms with Crippen LogP contribution in [-0.2, 0) is 21.4 Å². The van der Waals surface area contributed by atoms with Crippen molar-refractivity contribution in [3.8, 4) is 5.75 Å². The lowest BCUT2D eigenvalue weighted by Crippen LogP contribution is -2.51. The topological polar surface area (TPSA) is 116 Å². The molecule has 0 spiro atoms. The van der Waals surface area contributed by atoms with E-state index in [1.807, 2.05) is 12.1 Å². The Kier molecular flexibility index (Phi) is 10.0. The monoisotopic (exact) mass is 479 g/mol. The van der Waals surface area contributed by atoms with Crippen LogP contribution >= 0.6 is 0 Å². The summed E-state index contributed by atoms with van der Waals surface area (Å²) in [6, 6.07) is 5.78. The molecule has 0 heterocycles. The van der Waals surface area contributed by atoms with Gasteiger partial charge < -0.3 is 20.1 Å². The Morgan fingerprint density at radius 1 is 1.06 bits per heavy atom. The number of rotatable bonds is 10. The van der Waals surface area contributed by atoms with Gasteiger partial charge in [-0.15, -0.1) is 0 Å². The maximum Gasteiger partial charge on any atom is 0.409 e. The molecule has 0 radical (unpaired) electrons. The molecule has 0 aliphatic carbocycles. The second kappa shape index (κ2) is 11.4. The van der Waals surface area contributed by atoms with Crippen molar-refractivity contribution >= 4 is 12.1 Å². The highest BCUT2D eigenvalue weighted by Gasteiger charge is 2.35. The highest BCUT2D eigenvalue weighted by Crippen LogP contribution is 2.33. The van der Waals surface area contributed by atoms with Gasteiger partial charge in [0.2, 0.25) is 0 Å². The fourth-order valence-electron chi connectivity index (χ4n) is 4.04. The molecule has 0 saturated carbocycles. The molecule has 0 fully saturated rings. The van der Waals surface area contributed by atoms with Gasteiger partial charge in [0.15, 0.2) is 0 Å². The summed E-state index contributed by atoms with van der Waals surface area (Å²) in [7, 11) is 0. The predicted octanol–water partition coefficient (Wildman–Crippen LogP) is 5.61. The number of aliphatic hydroxyl groups is 1. The number of hydrogen-bond acceptors (Lipinski definition) is 5. The van der Waals surface area contributed by atoms with Crippen molar-refractivity contribution in [2.75, 3.05) is 0 Å². The molecule has 194 valence electrons. The van der Waals surface area contributed by atoms with Crippen molar-refractivity contribution < 1.29 is 29.6 Å². The summed E-state index contributed by atoms with van der Waals surface area (Å²) in [5.41, 5.74) is -0.746. The molecule has 0 bridgehead atoms. The van der Waals surface area contributed by atoms with Crippen LogP contribution in [0.4, 0.5) is 4.79 Å². The van der Waals surface area contributed by atoms with E-state index in [0.717, 1.165) is 11.1 Å². The number of aromatic hydroxyl groups is 1. The van der Waals surface area contributed by atoms with Gasteiger partial charge in [-0.1, -0.05) is 53.7 Å². The molecule has 4 N–H and O–H groups in total. The number of carbonyl (C=O) groups excluding carboxylic acids is 1. The second-order valence-corrected chi connectivity index (χ2v) is 12.0. The lowest BCUT2D eigenvalue weighted by Gasteiger charge is -2.34. The zero-order valence-electron chi connectivity index (χ0n) is 22.4. The molecular formula is C27H45NO6. The van der Waals surface area contributed by atoms with Crippen LogP contribution in [0.25, 0.3) is 0 Å². The quantitative estimate of drug-likeness (QED) is 0.324. The van der Waals surface area contributed by atoms with E-state index in [4.69, 9.17) is 4.74 Å². The molecule has 0 saturated heterocycles. The van der Waals surface area contributed by atoms with Gasteiger partial charge in [0, 0.05) is 6.42 Å². The summed E-state index contributed by atoms with van der Waals surface area (Å²) >= 11 is 0. The molecule has 7 nitrogen and oxygen atoms in total. The summed E-state index contributed by atoms with van der Waals surface area (Å²) in [5.74, 6) is -1.21. The molecule has 3 atom stereocenters. The molecule has 34 heavy (non-hydrogen) atoms. The zero-order valence-corrected chi connectivity index (χ0v) is 22.4. The molecule has 1 rings (SSSR count). The number of nitrogens with one attached hydrogen (secondary N) is 1. The number of ether oxygens (including phenoxy) is 1. The average molecular weight is 480 g/mol. The van der Waals surface area contributed by atoms with Crippen molar-refractivity contribution in [2.24, 2.45) is 17.8 Å². The van der Waals surface area contributed by atoms with E-state index >= 15 is 0 Å². The molecule has 1 aromatic rings. The Morgan fingerprint density at radius 3 is 2.09 bits per heavy atom. The molecule has 1 aromatic carbocycles. The van der Waals surface area contributed by atoms with Gasteiger partial charge in [0.05, 0.1) is 5.92 Å². The molecular weight excluding hydrogens is 434 g/mol. The van der Waals surface area contributed by atoms with Crippen molar-refractivity contribution in [1.82, 2.24) is 5.32 Å². The third-order valence-electron chi connectivity index (χ3n) is 6.04. The van der Waals surface area contributed by atoms with E-state index in [9.17, 15) is 24.9 Å². The normalized spacial score (nSPS) is 16.0. The van der Waals surface area contributed by atoms with E-state index in [-0.39, 0.29) is 35.8 Å². The number of phenolic OH excluding ortho intramolecular Hbond substituents is 1. The van der Waals surface area contributed by atoms with E-state index < -0.39 is 29.3 Å². The molecule has 7 heteroatoms. The van der Waals surface area contributed by atoms with Crippen LogP contribution in [0.2, 0.25) is 0 Å². The van der Waals surface area contributed by atoms with Gasteiger partial charge in [0.25, 0.3) is 0 Å². The zero-order chi connectivity index (χ0) is 26.5. The first-order valence-corrected chi connectivity index (χ1v) is 12.1. The van der Waals surface area contributed by atoms with Crippen LogP contribution in [-0.4, -0.2) is 38.7 Å². The smallest absolute Gasteiger partial charge is 0.409 e. The fourth-order valence-corrected chi connectivity index (χ4v) is 4.04. The van der Waals surface area contributed by atoms with Gasteiger partial charge >= 0.3 is 12.1 Å². The minimum absolute atomic E-state index is 0.131. The highest BCUT2D eigenvalue weighted by molar-refractivity contribution is 5.70. The van der Waals surface area contributed by atoms with E-state index in [0.29, 0.717) is 12.8 Å². The first-order chi connectivity index (χ1) is 15.3. The van der Waals surface area contributed by atoms with Crippen LogP contribution in [0.1, 0.15) is 92.7 Å². The second-order valence-electron chi connectivity index (χ2n) is 12.0. The van der Waals surface area contributed by atoms with Crippen molar-refractivity contribution in [1.29, 1.82) is 0 Å². The Bertz CT molecular complexity index is 837. The number of alkyl carbamates (subject to hydrolysis) is 1. The van der Waals surface area contributed by atoms with E-state index in [1.54, 1.807) is 26.8 Å². The molecule has 0 aromatic heterocycles. The summed E-state index contributed by atoms with van der Waals surface area (Å²) in [5, 5.41) is 33.6. The first-order valence-electron chi connectivity index (χ1n) is 12.1. The number of carbonyl (C=O) groups is 2. The minimum atomic E-state index is -1.72. The van der Waals surface area contributed by atoms with Gasteiger partial charge in [-0.2, -0.15) is 0 Å². The fraction of sp³-hybridized carbons (Fsp3) is 0.704. The molecule has 0 aliphatic rings. The minimum Gasteiger partial charge on any atom is -0.508 e. The number of phenols is 1. The summed E-state index contributed by atoms with van der Waals surface area (Å²) in [4.78, 5) is 23.8. The molecule has 1 amide bonds. The standard InChI is InChI=1S/C27H45NO6/c1-17(2)20(14-19-10-11-21(22(29)15-19)25(4,5)6)12-13-27(33,16-18(3)23(30)31)28-24(32)34-26(7,8)9/h10-11,15,17-18,20,29,33H,12-14,16H2,1-9H3,(H,28,32)(H,30,31)/t18-,20+,27+/m1/s1. The average Bonchev–Trinajstić information content (AvgIpc) is 2.61. The number of benzene rings is 1. The number of aliphatic carboxylic acids is 1. The lowest BCUT2D eigenvalue weighted by atomic mass is 9.81. The van der Waals surface area contributed by atoms with Gasteiger partial charge in [0.1, 0.15) is 17.1 Å². The third kappa shape index (κ3) is 9.92. The maximum atomic E-state index is 12.4. The summed E-state index contributed by atoms with van der Waals surface area (Å²) in [6.45, 7) is 17.0. The SMILES string of the molecule is CC(C)[C@@H](CC[C@](O)(C[C@@H](C)C(=O)O)NC(=O)OC(C)(C)C)Cc1ccc(C(C)(C)C)c(O)c1. The Balaban J connectivity index is 3.03. The van der Waals surface area contributed by atoms with E-state index in [1.165, 1.54) is 6.92 Å². The van der Waals surface area contributed by atoms with Gasteiger partial charge in [-0.05, 0) is 74.5 Å². The highest BCUT2D eigenvalue weighted by atomic mass is 16.6. The van der Waals surface area contributed by atoms with Crippen LogP contribution in [0, 0.1) is 17.8 Å². The van der Waals surface area contributed by atoms with E-state index in [2.05, 4.69) is 39.9 Å². The van der Waals surface area contributed by atoms with Crippen LogP contribution in [0.5, 0.6) is 5.75 Å². The molecule has 0 aliphatic heterocycles. The maximum absolute atomic E-state index is 12.4. The number of amides is 1.